The zero-order valence-corrected chi connectivity index (χ0v) is 18.2. The van der Waals surface area contributed by atoms with Gasteiger partial charge in [-0.3, -0.25) is 9.69 Å². The third-order valence-electron chi connectivity index (χ3n) is 5.24. The predicted octanol–water partition coefficient (Wildman–Crippen LogP) is 4.74. The van der Waals surface area contributed by atoms with Crippen molar-refractivity contribution in [2.45, 2.75) is 46.2 Å². The maximum Gasteiger partial charge on any atom is 0.260 e. The van der Waals surface area contributed by atoms with Crippen LogP contribution in [-0.4, -0.2) is 48.0 Å². The Bertz CT molecular complexity index is 801. The van der Waals surface area contributed by atoms with Gasteiger partial charge in [-0.2, -0.15) is 0 Å². The van der Waals surface area contributed by atoms with E-state index < -0.39 is 0 Å². The summed E-state index contributed by atoms with van der Waals surface area (Å²) in [7, 11) is 1.82. The number of pyridine rings is 1. The van der Waals surface area contributed by atoms with Crippen LogP contribution in [0.5, 0.6) is 0 Å². The molecule has 1 aromatic carbocycles. The second-order valence-corrected chi connectivity index (χ2v) is 7.66. The molecule has 0 atom stereocenters. The fourth-order valence-corrected chi connectivity index (χ4v) is 3.90. The average Bonchev–Trinajstić information content (AvgIpc) is 2.74. The molecule has 0 saturated heterocycles. The Morgan fingerprint density at radius 3 is 2.32 bits per heavy atom. The first-order valence-corrected chi connectivity index (χ1v) is 9.77. The van der Waals surface area contributed by atoms with Gasteiger partial charge in [0.05, 0.1) is 16.9 Å². The molecule has 28 heavy (non-hydrogen) atoms. The van der Waals surface area contributed by atoms with Gasteiger partial charge < -0.3 is 9.80 Å². The van der Waals surface area contributed by atoms with Crippen LogP contribution in [0.3, 0.4) is 0 Å². The SMILES string of the molecule is CC(C)N(CCCN1c2ccccc2C(=O)N(C)c2cccnc21)C(C)C.Cl. The van der Waals surface area contributed by atoms with E-state index in [-0.39, 0.29) is 18.3 Å². The van der Waals surface area contributed by atoms with Crippen molar-refractivity contribution in [3.05, 3.63) is 48.2 Å². The van der Waals surface area contributed by atoms with Crippen molar-refractivity contribution in [2.24, 2.45) is 0 Å². The van der Waals surface area contributed by atoms with E-state index in [1.807, 2.05) is 43.4 Å². The van der Waals surface area contributed by atoms with E-state index in [9.17, 15) is 4.79 Å². The van der Waals surface area contributed by atoms with Crippen molar-refractivity contribution < 1.29 is 4.79 Å². The van der Waals surface area contributed by atoms with Crippen LogP contribution >= 0.6 is 12.4 Å². The van der Waals surface area contributed by atoms with Gasteiger partial charge in [0, 0.05) is 38.4 Å². The highest BCUT2D eigenvalue weighted by Gasteiger charge is 2.29. The molecule has 1 aromatic heterocycles. The van der Waals surface area contributed by atoms with Gasteiger partial charge >= 0.3 is 0 Å². The number of benzene rings is 1. The molecule has 0 saturated carbocycles. The lowest BCUT2D eigenvalue weighted by molar-refractivity contribution is 0.0994. The van der Waals surface area contributed by atoms with Gasteiger partial charge in [0.25, 0.3) is 5.91 Å². The summed E-state index contributed by atoms with van der Waals surface area (Å²) in [6.45, 7) is 10.8. The molecule has 1 amide bonds. The monoisotopic (exact) mass is 402 g/mol. The van der Waals surface area contributed by atoms with E-state index in [0.717, 1.165) is 42.3 Å². The third-order valence-corrected chi connectivity index (χ3v) is 5.24. The number of carbonyl (C=O) groups is 1. The molecular formula is C22H31ClN4O. The normalized spacial score (nSPS) is 13.5. The number of fused-ring (bicyclic) bond motifs is 2. The van der Waals surface area contributed by atoms with E-state index in [0.29, 0.717) is 12.1 Å². The molecule has 0 unspecified atom stereocenters. The zero-order valence-electron chi connectivity index (χ0n) is 17.4. The van der Waals surface area contributed by atoms with Crippen molar-refractivity contribution in [2.75, 3.05) is 29.9 Å². The summed E-state index contributed by atoms with van der Waals surface area (Å²) >= 11 is 0. The molecule has 6 heteroatoms. The highest BCUT2D eigenvalue weighted by Crippen LogP contribution is 2.38. The molecule has 2 heterocycles. The topological polar surface area (TPSA) is 39.7 Å². The number of aromatic nitrogens is 1. The number of hydrogen-bond donors (Lipinski definition) is 0. The van der Waals surface area contributed by atoms with E-state index in [2.05, 4.69) is 42.5 Å². The first-order chi connectivity index (χ1) is 12.9. The molecule has 0 spiro atoms. The second kappa shape index (κ2) is 9.39. The summed E-state index contributed by atoms with van der Waals surface area (Å²) in [6, 6.07) is 12.7. The highest BCUT2D eigenvalue weighted by molar-refractivity contribution is 6.13. The fourth-order valence-electron chi connectivity index (χ4n) is 3.90. The minimum atomic E-state index is 0. The number of nitrogens with zero attached hydrogens (tertiary/aromatic N) is 4. The number of anilines is 3. The van der Waals surface area contributed by atoms with Crippen molar-refractivity contribution in [1.82, 2.24) is 9.88 Å². The number of carbonyl (C=O) groups excluding carboxylic acids is 1. The summed E-state index contributed by atoms with van der Waals surface area (Å²) in [5.74, 6) is 0.854. The van der Waals surface area contributed by atoms with Crippen LogP contribution in [0.15, 0.2) is 42.6 Å². The number of rotatable bonds is 6. The highest BCUT2D eigenvalue weighted by atomic mass is 35.5. The molecule has 0 radical (unpaired) electrons. The van der Waals surface area contributed by atoms with E-state index in [1.165, 1.54) is 0 Å². The van der Waals surface area contributed by atoms with Gasteiger partial charge in [0.2, 0.25) is 0 Å². The molecule has 0 N–H and O–H groups in total. The van der Waals surface area contributed by atoms with Crippen molar-refractivity contribution in [3.8, 4) is 0 Å². The van der Waals surface area contributed by atoms with Gasteiger partial charge in [-0.05, 0) is 58.4 Å². The molecular weight excluding hydrogens is 372 g/mol. The lowest BCUT2D eigenvalue weighted by Crippen LogP contribution is -2.38. The van der Waals surface area contributed by atoms with Gasteiger partial charge in [0.15, 0.2) is 5.82 Å². The van der Waals surface area contributed by atoms with Gasteiger partial charge in [-0.25, -0.2) is 4.98 Å². The van der Waals surface area contributed by atoms with Gasteiger partial charge in [0.1, 0.15) is 0 Å². The van der Waals surface area contributed by atoms with Crippen LogP contribution in [0.2, 0.25) is 0 Å². The quantitative estimate of drug-likeness (QED) is 0.699. The Labute approximate surface area is 174 Å². The largest absolute Gasteiger partial charge is 0.324 e. The molecule has 0 bridgehead atoms. The van der Waals surface area contributed by atoms with Crippen LogP contribution in [0.25, 0.3) is 0 Å². The first kappa shape index (κ1) is 22.2. The second-order valence-electron chi connectivity index (χ2n) is 7.66. The zero-order chi connectivity index (χ0) is 19.6. The maximum atomic E-state index is 13.0. The number of para-hydroxylation sites is 1. The summed E-state index contributed by atoms with van der Waals surface area (Å²) in [5, 5.41) is 0. The fraction of sp³-hybridized carbons (Fsp3) is 0.455. The summed E-state index contributed by atoms with van der Waals surface area (Å²) < 4.78 is 0. The molecule has 0 aliphatic carbocycles. The van der Waals surface area contributed by atoms with Crippen molar-refractivity contribution >= 4 is 35.5 Å². The van der Waals surface area contributed by atoms with Crippen LogP contribution in [0.4, 0.5) is 17.2 Å². The van der Waals surface area contributed by atoms with E-state index in [1.54, 1.807) is 11.1 Å². The van der Waals surface area contributed by atoms with Crippen LogP contribution in [0.1, 0.15) is 44.5 Å². The Balaban J connectivity index is 0.00000280. The Morgan fingerprint density at radius 1 is 1.00 bits per heavy atom. The standard InChI is InChI=1S/C22H30N4O.ClH/c1-16(2)25(17(3)4)14-9-15-26-19-11-7-6-10-18(19)22(27)24(5)20-12-8-13-23-21(20)26;/h6-8,10-13,16-17H,9,14-15H2,1-5H3;1H. The first-order valence-electron chi connectivity index (χ1n) is 9.77. The van der Waals surface area contributed by atoms with Crippen LogP contribution in [0, 0.1) is 0 Å². The smallest absolute Gasteiger partial charge is 0.260 e. The molecule has 2 aromatic rings. The molecule has 152 valence electrons. The number of amides is 1. The van der Waals surface area contributed by atoms with Gasteiger partial charge in [-0.1, -0.05) is 12.1 Å². The van der Waals surface area contributed by atoms with Gasteiger partial charge in [-0.15, -0.1) is 12.4 Å². The minimum absolute atomic E-state index is 0. The molecule has 1 aliphatic heterocycles. The van der Waals surface area contributed by atoms with Crippen molar-refractivity contribution in [3.63, 3.8) is 0 Å². The van der Waals surface area contributed by atoms with Crippen molar-refractivity contribution in [1.29, 1.82) is 0 Å². The summed E-state index contributed by atoms with van der Waals surface area (Å²) in [4.78, 5) is 24.0. The van der Waals surface area contributed by atoms with E-state index in [4.69, 9.17) is 0 Å². The lowest BCUT2D eigenvalue weighted by atomic mass is 10.1. The molecule has 0 fully saturated rings. The Kier molecular flexibility index (Phi) is 7.44. The van der Waals surface area contributed by atoms with E-state index >= 15 is 0 Å². The molecule has 1 aliphatic rings. The lowest BCUT2D eigenvalue weighted by Gasteiger charge is -2.32. The number of halogens is 1. The summed E-state index contributed by atoms with van der Waals surface area (Å²) in [5.41, 5.74) is 2.51. The summed E-state index contributed by atoms with van der Waals surface area (Å²) in [6.07, 6.45) is 2.80. The van der Waals surface area contributed by atoms with Crippen LogP contribution < -0.4 is 9.80 Å². The third kappa shape index (κ3) is 4.31. The average molecular weight is 403 g/mol. The minimum Gasteiger partial charge on any atom is -0.324 e. The molecule has 3 rings (SSSR count). The predicted molar refractivity (Wildman–Crippen MR) is 119 cm³/mol. The maximum absolute atomic E-state index is 13.0. The number of hydrogen-bond acceptors (Lipinski definition) is 4. The van der Waals surface area contributed by atoms with Crippen LogP contribution in [-0.2, 0) is 0 Å². The Hall–Kier alpha value is -2.11. The molecule has 5 nitrogen and oxygen atoms in total. The Morgan fingerprint density at radius 2 is 1.64 bits per heavy atom.